The first-order valence-corrected chi connectivity index (χ1v) is 5.64. The van der Waals surface area contributed by atoms with Crippen molar-refractivity contribution in [3.8, 4) is 0 Å². The maximum atomic E-state index is 10.9. The molecule has 0 aromatic heterocycles. The zero-order valence-electron chi connectivity index (χ0n) is 9.82. The molecule has 2 aromatic rings. The van der Waals surface area contributed by atoms with Crippen molar-refractivity contribution >= 4 is 12.0 Å². The minimum atomic E-state index is 0.298. The van der Waals surface area contributed by atoms with E-state index in [1.165, 1.54) is 0 Å². The number of aldehydes is 1. The molecule has 0 aliphatic carbocycles. The molecule has 0 radical (unpaired) electrons. The average Bonchev–Trinajstić information content (AvgIpc) is 2.46. The van der Waals surface area contributed by atoms with Crippen molar-refractivity contribution in [1.82, 2.24) is 0 Å². The molecule has 0 saturated heterocycles. The van der Waals surface area contributed by atoms with Gasteiger partial charge in [0, 0.05) is 5.56 Å². The maximum absolute atomic E-state index is 10.9. The maximum Gasteiger partial charge on any atom is 0.172 e. The Bertz CT molecular complexity index is 521. The smallest absolute Gasteiger partial charge is 0.172 e. The summed E-state index contributed by atoms with van der Waals surface area (Å²) in [6.07, 6.45) is 0.695. The standard InChI is InChI=1S/C15H13NO2/c17-11-15(14-9-5-2-6-10-14)16-18-12-13-7-3-1-4-8-13/h1-11H,12H2/b16-15+. The first-order valence-electron chi connectivity index (χ1n) is 5.64. The first-order chi connectivity index (χ1) is 8.90. The number of benzene rings is 2. The highest BCUT2D eigenvalue weighted by atomic mass is 16.6. The summed E-state index contributed by atoms with van der Waals surface area (Å²) >= 11 is 0. The van der Waals surface area contributed by atoms with Crippen LogP contribution in [0.25, 0.3) is 0 Å². The molecular weight excluding hydrogens is 226 g/mol. The summed E-state index contributed by atoms with van der Waals surface area (Å²) in [7, 11) is 0. The van der Waals surface area contributed by atoms with Gasteiger partial charge in [0.25, 0.3) is 0 Å². The summed E-state index contributed by atoms with van der Waals surface area (Å²) in [6.45, 7) is 0.352. The van der Waals surface area contributed by atoms with Gasteiger partial charge >= 0.3 is 0 Å². The van der Waals surface area contributed by atoms with Gasteiger partial charge in [-0.25, -0.2) is 0 Å². The second-order valence-corrected chi connectivity index (χ2v) is 3.72. The van der Waals surface area contributed by atoms with Crippen molar-refractivity contribution in [2.75, 3.05) is 0 Å². The average molecular weight is 239 g/mol. The van der Waals surface area contributed by atoms with Crippen LogP contribution < -0.4 is 0 Å². The number of hydrogen-bond donors (Lipinski definition) is 0. The Kier molecular flexibility index (Phi) is 4.25. The van der Waals surface area contributed by atoms with Crippen LogP contribution in [0.1, 0.15) is 11.1 Å². The Morgan fingerprint density at radius 1 is 1.00 bits per heavy atom. The number of carbonyl (C=O) groups is 1. The summed E-state index contributed by atoms with van der Waals surface area (Å²) < 4.78 is 0. The molecule has 0 amide bonds. The van der Waals surface area contributed by atoms with E-state index in [9.17, 15) is 4.79 Å². The van der Waals surface area contributed by atoms with Crippen molar-refractivity contribution in [2.24, 2.45) is 5.16 Å². The van der Waals surface area contributed by atoms with E-state index in [0.29, 0.717) is 18.6 Å². The normalized spacial score (nSPS) is 11.0. The first kappa shape index (κ1) is 12.0. The quantitative estimate of drug-likeness (QED) is 0.457. The molecule has 3 heteroatoms. The van der Waals surface area contributed by atoms with Crippen LogP contribution >= 0.6 is 0 Å². The van der Waals surface area contributed by atoms with Crippen molar-refractivity contribution in [2.45, 2.75) is 6.61 Å². The fourth-order valence-corrected chi connectivity index (χ4v) is 1.50. The molecule has 0 atom stereocenters. The van der Waals surface area contributed by atoms with Crippen molar-refractivity contribution < 1.29 is 9.63 Å². The largest absolute Gasteiger partial charge is 0.390 e. The Morgan fingerprint density at radius 3 is 2.22 bits per heavy atom. The lowest BCUT2D eigenvalue weighted by atomic mass is 10.1. The van der Waals surface area contributed by atoms with Gasteiger partial charge in [-0.3, -0.25) is 4.79 Å². The minimum Gasteiger partial charge on any atom is -0.390 e. The molecule has 0 spiro atoms. The SMILES string of the molecule is O=C/C(=N\OCc1ccccc1)c1ccccc1. The van der Waals surface area contributed by atoms with Crippen molar-refractivity contribution in [3.63, 3.8) is 0 Å². The van der Waals surface area contributed by atoms with E-state index in [2.05, 4.69) is 5.16 Å². The van der Waals surface area contributed by atoms with Crippen LogP contribution in [0.2, 0.25) is 0 Å². The van der Waals surface area contributed by atoms with E-state index >= 15 is 0 Å². The summed E-state index contributed by atoms with van der Waals surface area (Å²) in [6, 6.07) is 18.9. The molecule has 2 aromatic carbocycles. The van der Waals surface area contributed by atoms with Gasteiger partial charge in [-0.2, -0.15) is 0 Å². The fourth-order valence-electron chi connectivity index (χ4n) is 1.50. The molecule has 18 heavy (non-hydrogen) atoms. The van der Waals surface area contributed by atoms with Crippen LogP contribution in [-0.2, 0) is 16.2 Å². The zero-order chi connectivity index (χ0) is 12.6. The van der Waals surface area contributed by atoms with E-state index in [1.54, 1.807) is 0 Å². The van der Waals surface area contributed by atoms with Gasteiger partial charge in [-0.15, -0.1) is 0 Å². The minimum absolute atomic E-state index is 0.298. The van der Waals surface area contributed by atoms with Crippen LogP contribution in [-0.4, -0.2) is 12.0 Å². The van der Waals surface area contributed by atoms with Crippen molar-refractivity contribution in [1.29, 1.82) is 0 Å². The van der Waals surface area contributed by atoms with Crippen LogP contribution in [0.3, 0.4) is 0 Å². The van der Waals surface area contributed by atoms with Gasteiger partial charge in [0.05, 0.1) is 0 Å². The highest BCUT2D eigenvalue weighted by Crippen LogP contribution is 2.03. The highest BCUT2D eigenvalue weighted by Gasteiger charge is 2.01. The summed E-state index contributed by atoms with van der Waals surface area (Å²) in [4.78, 5) is 16.1. The van der Waals surface area contributed by atoms with Gasteiger partial charge < -0.3 is 4.84 Å². The third-order valence-electron chi connectivity index (χ3n) is 2.42. The molecular formula is C15H13NO2. The van der Waals surface area contributed by atoms with Crippen LogP contribution in [0, 0.1) is 0 Å². The summed E-state index contributed by atoms with van der Waals surface area (Å²) in [5.41, 5.74) is 2.06. The summed E-state index contributed by atoms with van der Waals surface area (Å²) in [5.74, 6) is 0. The number of hydrogen-bond acceptors (Lipinski definition) is 3. The lowest BCUT2D eigenvalue weighted by molar-refractivity contribution is -0.102. The lowest BCUT2D eigenvalue weighted by Crippen LogP contribution is -2.03. The molecule has 0 N–H and O–H groups in total. The van der Waals surface area contributed by atoms with Crippen LogP contribution in [0.5, 0.6) is 0 Å². The molecule has 0 aliphatic heterocycles. The molecule has 3 nitrogen and oxygen atoms in total. The highest BCUT2D eigenvalue weighted by molar-refractivity contribution is 6.36. The molecule has 0 fully saturated rings. The monoisotopic (exact) mass is 239 g/mol. The number of rotatable bonds is 5. The predicted molar refractivity (Wildman–Crippen MR) is 70.3 cm³/mol. The topological polar surface area (TPSA) is 38.7 Å². The lowest BCUT2D eigenvalue weighted by Gasteiger charge is -2.01. The molecule has 0 unspecified atom stereocenters. The summed E-state index contributed by atoms with van der Waals surface area (Å²) in [5, 5.41) is 3.86. The van der Waals surface area contributed by atoms with E-state index in [-0.39, 0.29) is 0 Å². The Labute approximate surface area is 106 Å². The van der Waals surface area contributed by atoms with E-state index < -0.39 is 0 Å². The van der Waals surface area contributed by atoms with E-state index in [4.69, 9.17) is 4.84 Å². The number of nitrogens with zero attached hydrogens (tertiary/aromatic N) is 1. The van der Waals surface area contributed by atoms with Crippen molar-refractivity contribution in [3.05, 3.63) is 71.8 Å². The van der Waals surface area contributed by atoms with Gasteiger partial charge in [-0.05, 0) is 5.56 Å². The van der Waals surface area contributed by atoms with Gasteiger partial charge in [0.2, 0.25) is 0 Å². The Balaban J connectivity index is 2.01. The van der Waals surface area contributed by atoms with E-state index in [1.807, 2.05) is 60.7 Å². The fraction of sp³-hybridized carbons (Fsp3) is 0.0667. The zero-order valence-corrected chi connectivity index (χ0v) is 9.82. The van der Waals surface area contributed by atoms with Gasteiger partial charge in [0.15, 0.2) is 6.29 Å². The number of oxime groups is 1. The Hall–Kier alpha value is -2.42. The molecule has 90 valence electrons. The molecule has 0 aliphatic rings. The second kappa shape index (κ2) is 6.35. The Morgan fingerprint density at radius 2 is 1.61 bits per heavy atom. The number of carbonyl (C=O) groups excluding carboxylic acids is 1. The van der Waals surface area contributed by atoms with Gasteiger partial charge in [0.1, 0.15) is 12.3 Å². The molecule has 2 rings (SSSR count). The third kappa shape index (κ3) is 3.28. The predicted octanol–water partition coefficient (Wildman–Crippen LogP) is 2.81. The second-order valence-electron chi connectivity index (χ2n) is 3.72. The molecule has 0 saturated carbocycles. The van der Waals surface area contributed by atoms with Crippen LogP contribution in [0.4, 0.5) is 0 Å². The van der Waals surface area contributed by atoms with Gasteiger partial charge in [-0.1, -0.05) is 65.8 Å². The third-order valence-corrected chi connectivity index (χ3v) is 2.42. The molecule has 0 bridgehead atoms. The molecule has 0 heterocycles. The van der Waals surface area contributed by atoms with Crippen LogP contribution in [0.15, 0.2) is 65.8 Å². The van der Waals surface area contributed by atoms with E-state index in [0.717, 1.165) is 11.1 Å².